The molecule has 168 valence electrons. The molecule has 3 unspecified atom stereocenters. The normalized spacial score (nSPS) is 47.9. The van der Waals surface area contributed by atoms with Crippen LogP contribution in [0.4, 0.5) is 0 Å². The van der Waals surface area contributed by atoms with Crippen molar-refractivity contribution in [3.8, 4) is 0 Å². The summed E-state index contributed by atoms with van der Waals surface area (Å²) in [6.07, 6.45) is -0.349. The maximum Gasteiger partial charge on any atom is 0.484 e. The molecule has 6 aliphatic rings. The van der Waals surface area contributed by atoms with Crippen molar-refractivity contribution >= 4 is 42.1 Å². The predicted molar refractivity (Wildman–Crippen MR) is 107 cm³/mol. The van der Waals surface area contributed by atoms with Gasteiger partial charge < -0.3 is 30.6 Å². The maximum absolute atomic E-state index is 12.6. The van der Waals surface area contributed by atoms with Crippen LogP contribution in [0.2, 0.25) is 0 Å². The van der Waals surface area contributed by atoms with Gasteiger partial charge >= 0.3 is 15.6 Å². The van der Waals surface area contributed by atoms with Crippen molar-refractivity contribution in [1.82, 2.24) is 10.6 Å². The lowest BCUT2D eigenvalue weighted by Crippen LogP contribution is -2.45. The summed E-state index contributed by atoms with van der Waals surface area (Å²) in [5, 5.41) is 24.1. The highest BCUT2D eigenvalue weighted by atomic mass is 32.2. The number of fused-ring (bicyclic) bond motifs is 1. The zero-order valence-corrected chi connectivity index (χ0v) is 19.2. The van der Waals surface area contributed by atoms with Gasteiger partial charge in [0.2, 0.25) is 0 Å². The number of hydrogen-bond donors (Lipinski definition) is 6. The molecule has 1 aliphatic carbocycles. The summed E-state index contributed by atoms with van der Waals surface area (Å²) in [5.41, 5.74) is 1.07. The van der Waals surface area contributed by atoms with E-state index in [9.17, 15) is 33.9 Å². The molecular weight excluding hydrogens is 481 g/mol. The summed E-state index contributed by atoms with van der Waals surface area (Å²) < 4.78 is 38.2. The fourth-order valence-electron chi connectivity index (χ4n) is 3.63. The first-order valence-corrected chi connectivity index (χ1v) is 13.7. The molecule has 2 fully saturated rings. The summed E-state index contributed by atoms with van der Waals surface area (Å²) >= 11 is 0.979. The lowest BCUT2D eigenvalue weighted by atomic mass is 9.80. The number of allylic oxidation sites excluding steroid dienone is 1. The predicted octanol–water partition coefficient (Wildman–Crippen LogP) is 0.417. The second-order valence-corrected chi connectivity index (χ2v) is 14.0. The van der Waals surface area contributed by atoms with Crippen LogP contribution in [-0.4, -0.2) is 60.4 Å². The van der Waals surface area contributed by atoms with E-state index in [1.165, 1.54) is 6.20 Å². The van der Waals surface area contributed by atoms with Gasteiger partial charge in [0.15, 0.2) is 0 Å². The molecule has 0 aromatic heterocycles. The molecule has 6 N–H and O–H groups in total. The van der Waals surface area contributed by atoms with Crippen LogP contribution in [0.15, 0.2) is 23.2 Å². The standard InChI is InChI=1S/C14H21N2O10P3S/c1-14-2-6(3-14)12-15-4-7(13(19)16-12)11-10(18)9(17)8(30-11)5-24-28(20,21)26-29(22,23)25-27-14/h4,8-11,15,17-18,27H,2-3,5H2,1H3,(H,16,19)(H,20,21)(H,22,23)/t8-,9-,10-,11+,14?/m1/s1. The average Bonchev–Trinajstić information content (AvgIpc) is 2.89. The molecule has 1 amide bonds. The Morgan fingerprint density at radius 1 is 1.23 bits per heavy atom. The summed E-state index contributed by atoms with van der Waals surface area (Å²) in [7, 11) is -10.4. The molecule has 0 aromatic rings. The number of aliphatic hydroxyl groups is 2. The number of rotatable bonds is 0. The van der Waals surface area contributed by atoms with E-state index in [0.29, 0.717) is 18.7 Å². The van der Waals surface area contributed by atoms with Gasteiger partial charge in [-0.05, 0) is 18.4 Å². The molecule has 0 aromatic carbocycles. The maximum atomic E-state index is 12.6. The van der Waals surface area contributed by atoms with Gasteiger partial charge in [-0.15, -0.1) is 11.8 Å². The quantitative estimate of drug-likeness (QED) is 0.251. The monoisotopic (exact) mass is 502 g/mol. The Balaban J connectivity index is 1.64. The Morgan fingerprint density at radius 3 is 2.60 bits per heavy atom. The van der Waals surface area contributed by atoms with E-state index >= 15 is 0 Å². The number of thioether (sulfide) groups is 1. The molecule has 6 bridgehead atoms. The zero-order chi connectivity index (χ0) is 21.9. The van der Waals surface area contributed by atoms with Crippen LogP contribution in [0, 0.1) is 0 Å². The Kier molecular flexibility index (Phi) is 6.05. The first-order valence-electron chi connectivity index (χ1n) is 8.87. The molecule has 0 spiro atoms. The van der Waals surface area contributed by atoms with Gasteiger partial charge in [0, 0.05) is 25.7 Å². The molecule has 5 heterocycles. The molecule has 12 nitrogen and oxygen atoms in total. The summed E-state index contributed by atoms with van der Waals surface area (Å²) in [6.45, 7) is 1.22. The zero-order valence-electron chi connectivity index (χ0n) is 15.5. The number of aliphatic hydroxyl groups excluding tert-OH is 2. The highest BCUT2D eigenvalue weighted by Crippen LogP contribution is 2.66. The van der Waals surface area contributed by atoms with Gasteiger partial charge in [0.25, 0.3) is 5.91 Å². The average molecular weight is 502 g/mol. The van der Waals surface area contributed by atoms with E-state index in [-0.39, 0.29) is 5.57 Å². The molecule has 1 saturated heterocycles. The molecule has 7 atom stereocenters. The number of phosphoric ester groups is 1. The van der Waals surface area contributed by atoms with E-state index in [2.05, 4.69) is 14.9 Å². The molecule has 1 saturated carbocycles. The van der Waals surface area contributed by atoms with Crippen molar-refractivity contribution in [2.24, 2.45) is 0 Å². The van der Waals surface area contributed by atoms with E-state index in [1.54, 1.807) is 6.92 Å². The van der Waals surface area contributed by atoms with Crippen LogP contribution in [0.5, 0.6) is 0 Å². The van der Waals surface area contributed by atoms with Gasteiger partial charge in [-0.25, -0.2) is 9.13 Å². The van der Waals surface area contributed by atoms with Gasteiger partial charge in [-0.2, -0.15) is 4.31 Å². The summed E-state index contributed by atoms with van der Waals surface area (Å²) in [4.78, 5) is 32.2. The summed E-state index contributed by atoms with van der Waals surface area (Å²) in [5.74, 6) is 0.0609. The van der Waals surface area contributed by atoms with Gasteiger partial charge in [-0.3, -0.25) is 13.6 Å². The van der Waals surface area contributed by atoms with Crippen molar-refractivity contribution < 1.29 is 47.1 Å². The largest absolute Gasteiger partial charge is 0.484 e. The number of nitrogens with one attached hydrogen (secondary N) is 2. The van der Waals surface area contributed by atoms with Crippen molar-refractivity contribution in [1.29, 1.82) is 0 Å². The molecule has 6 rings (SSSR count). The van der Waals surface area contributed by atoms with Crippen molar-refractivity contribution in [2.45, 2.75) is 47.6 Å². The Morgan fingerprint density at radius 2 is 1.93 bits per heavy atom. The number of carbonyl (C=O) groups is 1. The van der Waals surface area contributed by atoms with Crippen LogP contribution >= 0.6 is 36.2 Å². The van der Waals surface area contributed by atoms with Crippen molar-refractivity contribution in [2.75, 3.05) is 6.61 Å². The molecule has 30 heavy (non-hydrogen) atoms. The van der Waals surface area contributed by atoms with Crippen molar-refractivity contribution in [3.63, 3.8) is 0 Å². The second-order valence-electron chi connectivity index (χ2n) is 7.68. The minimum absolute atomic E-state index is 0.207. The van der Waals surface area contributed by atoms with Crippen molar-refractivity contribution in [3.05, 3.63) is 23.2 Å². The molecule has 16 heteroatoms. The molecule has 5 aliphatic heterocycles. The third-order valence-corrected chi connectivity index (χ3v) is 11.0. The topological polar surface area (TPSA) is 184 Å². The number of amides is 1. The van der Waals surface area contributed by atoms with E-state index in [1.807, 2.05) is 0 Å². The number of hydrogen-bond acceptors (Lipinski definition) is 10. The lowest BCUT2D eigenvalue weighted by Gasteiger charge is -2.41. The SMILES string of the molecule is CC12CC(=C3NC=C(C(=O)N3)[C@@H]3S[C@H](COP(=O)(O)OP(=O)(O)OP1)[C@@H](O)[C@H]3O)C2. The Bertz CT molecular complexity index is 918. The van der Waals surface area contributed by atoms with Crippen LogP contribution in [-0.2, 0) is 27.1 Å². The minimum atomic E-state index is -5.00. The second kappa shape index (κ2) is 7.93. The minimum Gasteiger partial charge on any atom is -0.389 e. The van der Waals surface area contributed by atoms with Gasteiger partial charge in [0.05, 0.1) is 29.3 Å². The highest BCUT2D eigenvalue weighted by molar-refractivity contribution is 8.01. The van der Waals surface area contributed by atoms with E-state index in [0.717, 1.165) is 17.3 Å². The third kappa shape index (κ3) is 4.58. The fraction of sp³-hybridized carbons (Fsp3) is 0.643. The van der Waals surface area contributed by atoms with Crippen LogP contribution < -0.4 is 10.6 Å². The lowest BCUT2D eigenvalue weighted by molar-refractivity contribution is -0.117. The van der Waals surface area contributed by atoms with Gasteiger partial charge in [-0.1, -0.05) is 6.92 Å². The third-order valence-electron chi connectivity index (χ3n) is 5.12. The number of carbonyl (C=O) groups excluding carboxylic acids is 1. The number of phosphoric acid groups is 2. The first kappa shape index (κ1) is 22.9. The molecular formula is C14H21N2O10P3S. The highest BCUT2D eigenvalue weighted by Gasteiger charge is 2.49. The van der Waals surface area contributed by atoms with E-state index in [4.69, 9.17) is 8.83 Å². The Hall–Kier alpha value is -0.290. The van der Waals surface area contributed by atoms with Crippen LogP contribution in [0.25, 0.3) is 0 Å². The van der Waals surface area contributed by atoms with Gasteiger partial charge in [0.1, 0.15) is 5.82 Å². The van der Waals surface area contributed by atoms with Crippen LogP contribution in [0.1, 0.15) is 19.8 Å². The summed E-state index contributed by atoms with van der Waals surface area (Å²) in [6, 6.07) is 0. The first-order chi connectivity index (χ1) is 13.9. The Labute approximate surface area is 177 Å². The fourth-order valence-corrected chi connectivity index (χ4v) is 9.15. The smallest absolute Gasteiger partial charge is 0.389 e. The van der Waals surface area contributed by atoms with E-state index < -0.39 is 64.8 Å². The molecule has 0 radical (unpaired) electrons. The van der Waals surface area contributed by atoms with Crippen LogP contribution in [0.3, 0.4) is 0 Å².